The largest absolute Gasteiger partial charge is 0.342 e. The Morgan fingerprint density at radius 3 is 2.64 bits per heavy atom. The molecule has 0 spiro atoms. The Morgan fingerprint density at radius 2 is 2.00 bits per heavy atom. The number of hydrogen-bond acceptors (Lipinski definition) is 4. The van der Waals surface area contributed by atoms with Crippen LogP contribution in [0.2, 0.25) is 0 Å². The first-order chi connectivity index (χ1) is 12.1. The van der Waals surface area contributed by atoms with Crippen LogP contribution in [0.1, 0.15) is 36.3 Å². The van der Waals surface area contributed by atoms with Crippen LogP contribution >= 0.6 is 11.8 Å². The monoisotopic (exact) mass is 355 g/mol. The molecule has 0 aromatic heterocycles. The van der Waals surface area contributed by atoms with Gasteiger partial charge in [0, 0.05) is 25.4 Å². The second-order valence-electron chi connectivity index (χ2n) is 6.45. The molecule has 3 rings (SSSR count). The highest BCUT2D eigenvalue weighted by Crippen LogP contribution is 2.36. The molecule has 0 aliphatic carbocycles. The number of amides is 2. The maximum Gasteiger partial charge on any atom is 0.232 e. The molecule has 0 saturated carbocycles. The fraction of sp³-hybridized carbons (Fsp3) is 0.421. The van der Waals surface area contributed by atoms with Crippen molar-refractivity contribution in [3.8, 4) is 6.07 Å². The third-order valence-electron chi connectivity index (χ3n) is 4.63. The van der Waals surface area contributed by atoms with Gasteiger partial charge in [-0.1, -0.05) is 41.6 Å². The van der Waals surface area contributed by atoms with Gasteiger partial charge < -0.3 is 10.2 Å². The minimum absolute atomic E-state index is 0.0685. The van der Waals surface area contributed by atoms with E-state index in [4.69, 9.17) is 0 Å². The summed E-state index contributed by atoms with van der Waals surface area (Å²) in [6.45, 7) is 3.62. The number of thioether (sulfide) groups is 1. The standard InChI is InChI=1S/C19H21N3O2S/c1-13-4-6-14(7-5-13)15-10-17(23)21-19(16(15)11-20)25-12-18(24)22-8-2-3-9-22/h4-7,15H,2-3,8-10,12H2,1H3,(H,21,23)/t15-/m1/s1. The minimum atomic E-state index is -0.247. The van der Waals surface area contributed by atoms with Gasteiger partial charge in [0.15, 0.2) is 0 Å². The average Bonchev–Trinajstić information content (AvgIpc) is 3.14. The first-order valence-electron chi connectivity index (χ1n) is 8.49. The molecule has 0 radical (unpaired) electrons. The van der Waals surface area contributed by atoms with E-state index in [-0.39, 0.29) is 29.9 Å². The predicted molar refractivity (Wildman–Crippen MR) is 97.6 cm³/mol. The lowest BCUT2D eigenvalue weighted by molar-refractivity contribution is -0.127. The zero-order chi connectivity index (χ0) is 17.8. The van der Waals surface area contributed by atoms with E-state index < -0.39 is 0 Å². The molecular weight excluding hydrogens is 334 g/mol. The van der Waals surface area contributed by atoms with Gasteiger partial charge in [-0.05, 0) is 25.3 Å². The molecule has 2 amide bonds. The molecule has 0 bridgehead atoms. The van der Waals surface area contributed by atoms with Crippen LogP contribution in [0, 0.1) is 18.3 Å². The second kappa shape index (κ2) is 7.75. The number of allylic oxidation sites excluding steroid dienone is 1. The van der Waals surface area contributed by atoms with Gasteiger partial charge in [-0.25, -0.2) is 0 Å². The molecule has 2 aliphatic rings. The Hall–Kier alpha value is -2.26. The van der Waals surface area contributed by atoms with E-state index in [0.29, 0.717) is 10.6 Å². The van der Waals surface area contributed by atoms with Crippen LogP contribution in [-0.2, 0) is 9.59 Å². The van der Waals surface area contributed by atoms with Crippen molar-refractivity contribution in [2.24, 2.45) is 0 Å². The minimum Gasteiger partial charge on any atom is -0.342 e. The summed E-state index contributed by atoms with van der Waals surface area (Å²) in [5, 5.41) is 13.0. The number of rotatable bonds is 4. The molecule has 2 heterocycles. The van der Waals surface area contributed by atoms with Crippen molar-refractivity contribution in [3.05, 3.63) is 46.0 Å². The number of nitriles is 1. The summed E-state index contributed by atoms with van der Waals surface area (Å²) in [6, 6.07) is 10.2. The number of hydrogen-bond donors (Lipinski definition) is 1. The molecule has 1 saturated heterocycles. The summed E-state index contributed by atoms with van der Waals surface area (Å²) >= 11 is 1.26. The Kier molecular flexibility index (Phi) is 5.44. The van der Waals surface area contributed by atoms with Crippen molar-refractivity contribution in [2.45, 2.75) is 32.1 Å². The van der Waals surface area contributed by atoms with Crippen molar-refractivity contribution in [3.63, 3.8) is 0 Å². The average molecular weight is 355 g/mol. The highest BCUT2D eigenvalue weighted by Gasteiger charge is 2.30. The maximum atomic E-state index is 12.2. The van der Waals surface area contributed by atoms with E-state index in [2.05, 4.69) is 11.4 Å². The number of nitrogens with zero attached hydrogens (tertiary/aromatic N) is 2. The fourth-order valence-electron chi connectivity index (χ4n) is 3.21. The third kappa shape index (κ3) is 4.05. The van der Waals surface area contributed by atoms with Crippen LogP contribution in [0.5, 0.6) is 0 Å². The van der Waals surface area contributed by atoms with E-state index in [1.807, 2.05) is 36.1 Å². The predicted octanol–water partition coefficient (Wildman–Crippen LogP) is 2.69. The Balaban J connectivity index is 1.79. The van der Waals surface area contributed by atoms with Gasteiger partial charge in [0.1, 0.15) is 0 Å². The number of aryl methyl sites for hydroxylation is 1. The van der Waals surface area contributed by atoms with Gasteiger partial charge in [-0.15, -0.1) is 0 Å². The highest BCUT2D eigenvalue weighted by atomic mass is 32.2. The van der Waals surface area contributed by atoms with E-state index >= 15 is 0 Å². The molecule has 1 aromatic carbocycles. The first kappa shape index (κ1) is 17.6. The number of benzene rings is 1. The quantitative estimate of drug-likeness (QED) is 0.901. The third-order valence-corrected chi connectivity index (χ3v) is 5.64. The highest BCUT2D eigenvalue weighted by molar-refractivity contribution is 8.03. The zero-order valence-corrected chi connectivity index (χ0v) is 15.1. The van der Waals surface area contributed by atoms with Crippen molar-refractivity contribution in [1.82, 2.24) is 10.2 Å². The summed E-state index contributed by atoms with van der Waals surface area (Å²) in [5.74, 6) is -0.0371. The van der Waals surface area contributed by atoms with Crippen LogP contribution in [0.3, 0.4) is 0 Å². The van der Waals surface area contributed by atoms with Crippen LogP contribution in [-0.4, -0.2) is 35.6 Å². The number of nitrogens with one attached hydrogen (secondary N) is 1. The molecule has 2 aliphatic heterocycles. The molecule has 25 heavy (non-hydrogen) atoms. The zero-order valence-electron chi connectivity index (χ0n) is 14.2. The summed E-state index contributed by atoms with van der Waals surface area (Å²) in [4.78, 5) is 26.2. The van der Waals surface area contributed by atoms with Gasteiger partial charge in [0.2, 0.25) is 11.8 Å². The van der Waals surface area contributed by atoms with Gasteiger partial charge in [0.05, 0.1) is 22.4 Å². The smallest absolute Gasteiger partial charge is 0.232 e. The van der Waals surface area contributed by atoms with Crippen molar-refractivity contribution in [2.75, 3.05) is 18.8 Å². The van der Waals surface area contributed by atoms with Crippen molar-refractivity contribution in [1.29, 1.82) is 5.26 Å². The SMILES string of the molecule is Cc1ccc([C@H]2CC(=O)NC(SCC(=O)N3CCCC3)=C2C#N)cc1. The summed E-state index contributed by atoms with van der Waals surface area (Å²) in [6.07, 6.45) is 2.36. The van der Waals surface area contributed by atoms with Crippen molar-refractivity contribution < 1.29 is 9.59 Å². The second-order valence-corrected chi connectivity index (χ2v) is 7.43. The van der Waals surface area contributed by atoms with Crippen LogP contribution in [0.25, 0.3) is 0 Å². The molecular formula is C19H21N3O2S. The maximum absolute atomic E-state index is 12.2. The molecule has 130 valence electrons. The van der Waals surface area contributed by atoms with E-state index in [9.17, 15) is 14.9 Å². The Bertz CT molecular complexity index is 743. The molecule has 0 unspecified atom stereocenters. The van der Waals surface area contributed by atoms with E-state index in [1.54, 1.807) is 0 Å². The molecule has 1 N–H and O–H groups in total. The van der Waals surface area contributed by atoms with Gasteiger partial charge in [0.25, 0.3) is 0 Å². The van der Waals surface area contributed by atoms with Crippen LogP contribution < -0.4 is 5.32 Å². The van der Waals surface area contributed by atoms with E-state index in [0.717, 1.165) is 37.1 Å². The lowest BCUT2D eigenvalue weighted by Crippen LogP contribution is -2.33. The summed E-state index contributed by atoms with van der Waals surface area (Å²) in [5.41, 5.74) is 2.64. The van der Waals surface area contributed by atoms with E-state index in [1.165, 1.54) is 11.8 Å². The normalized spacial score (nSPS) is 20.4. The van der Waals surface area contributed by atoms with Gasteiger partial charge >= 0.3 is 0 Å². The lowest BCUT2D eigenvalue weighted by Gasteiger charge is -2.25. The molecule has 1 fully saturated rings. The summed E-state index contributed by atoms with van der Waals surface area (Å²) in [7, 11) is 0. The van der Waals surface area contributed by atoms with Crippen LogP contribution in [0.4, 0.5) is 0 Å². The first-order valence-corrected chi connectivity index (χ1v) is 9.48. The van der Waals surface area contributed by atoms with Crippen LogP contribution in [0.15, 0.2) is 34.9 Å². The van der Waals surface area contributed by atoms with Gasteiger partial charge in [-0.3, -0.25) is 9.59 Å². The number of carbonyl (C=O) groups is 2. The number of carbonyl (C=O) groups excluding carboxylic acids is 2. The number of likely N-dealkylation sites (tertiary alicyclic amines) is 1. The van der Waals surface area contributed by atoms with Gasteiger partial charge in [-0.2, -0.15) is 5.26 Å². The fourth-order valence-corrected chi connectivity index (χ4v) is 4.19. The Morgan fingerprint density at radius 1 is 1.32 bits per heavy atom. The topological polar surface area (TPSA) is 73.2 Å². The molecule has 1 aromatic rings. The lowest BCUT2D eigenvalue weighted by atomic mass is 9.87. The molecule has 6 heteroatoms. The summed E-state index contributed by atoms with van der Waals surface area (Å²) < 4.78 is 0. The van der Waals surface area contributed by atoms with Crippen molar-refractivity contribution >= 4 is 23.6 Å². The molecule has 1 atom stereocenters. The molecule has 5 nitrogen and oxygen atoms in total. The Labute approximate surface area is 152 Å².